The molecule has 0 aliphatic heterocycles. The minimum Gasteiger partial charge on any atom is -0.380 e. The van der Waals surface area contributed by atoms with E-state index in [0.717, 1.165) is 17.9 Å². The van der Waals surface area contributed by atoms with Crippen LogP contribution in [-0.4, -0.2) is 13.7 Å². The van der Waals surface area contributed by atoms with E-state index >= 15 is 0 Å². The fraction of sp³-hybridized carbons (Fsp3) is 0.500. The Hall–Kier alpha value is -0.570. The van der Waals surface area contributed by atoms with Crippen molar-refractivity contribution in [2.75, 3.05) is 13.7 Å². The zero-order valence-electron chi connectivity index (χ0n) is 8.92. The Morgan fingerprint density at radius 1 is 1.47 bits per heavy atom. The highest BCUT2D eigenvalue weighted by molar-refractivity contribution is 6.31. The van der Waals surface area contributed by atoms with E-state index in [-0.39, 0.29) is 5.41 Å². The van der Waals surface area contributed by atoms with Gasteiger partial charge in [-0.1, -0.05) is 23.7 Å². The van der Waals surface area contributed by atoms with Crippen LogP contribution in [0.4, 0.5) is 0 Å². The summed E-state index contributed by atoms with van der Waals surface area (Å²) in [6, 6.07) is 5.97. The second-order valence-electron chi connectivity index (χ2n) is 4.19. The number of benzene rings is 1. The zero-order chi connectivity index (χ0) is 10.9. The van der Waals surface area contributed by atoms with E-state index in [4.69, 9.17) is 22.1 Å². The molecule has 0 atom stereocenters. The van der Waals surface area contributed by atoms with Gasteiger partial charge in [-0.15, -0.1) is 0 Å². The molecule has 0 heterocycles. The molecule has 1 saturated carbocycles. The van der Waals surface area contributed by atoms with Gasteiger partial charge in [0.1, 0.15) is 0 Å². The number of nitrogens with two attached hydrogens (primary N) is 1. The van der Waals surface area contributed by atoms with Crippen molar-refractivity contribution in [3.8, 4) is 0 Å². The summed E-state index contributed by atoms with van der Waals surface area (Å²) >= 11 is 6.26. The average Bonchev–Trinajstić information content (AvgIpc) is 2.99. The third-order valence-electron chi connectivity index (χ3n) is 3.17. The molecule has 82 valence electrons. The molecular weight excluding hydrogens is 210 g/mol. The lowest BCUT2D eigenvalue weighted by Crippen LogP contribution is -2.22. The Morgan fingerprint density at radius 2 is 2.20 bits per heavy atom. The van der Waals surface area contributed by atoms with Gasteiger partial charge in [-0.3, -0.25) is 0 Å². The largest absolute Gasteiger partial charge is 0.380 e. The van der Waals surface area contributed by atoms with E-state index < -0.39 is 0 Å². The molecule has 0 aromatic heterocycles. The van der Waals surface area contributed by atoms with Crippen LogP contribution in [0.2, 0.25) is 5.02 Å². The maximum atomic E-state index is 6.26. The molecule has 1 fully saturated rings. The molecule has 0 unspecified atom stereocenters. The van der Waals surface area contributed by atoms with Gasteiger partial charge < -0.3 is 10.5 Å². The van der Waals surface area contributed by atoms with Crippen LogP contribution in [-0.2, 0) is 16.8 Å². The van der Waals surface area contributed by atoms with Gasteiger partial charge in [-0.25, -0.2) is 0 Å². The van der Waals surface area contributed by atoms with E-state index in [9.17, 15) is 0 Å². The molecule has 0 radical (unpaired) electrons. The van der Waals surface area contributed by atoms with Crippen molar-refractivity contribution < 1.29 is 4.74 Å². The monoisotopic (exact) mass is 225 g/mol. The zero-order valence-corrected chi connectivity index (χ0v) is 9.68. The highest BCUT2D eigenvalue weighted by Crippen LogP contribution is 2.50. The van der Waals surface area contributed by atoms with Crippen molar-refractivity contribution in [1.29, 1.82) is 0 Å². The number of methoxy groups -OCH3 is 1. The highest BCUT2D eigenvalue weighted by atomic mass is 35.5. The normalized spacial score (nSPS) is 17.8. The molecule has 2 N–H and O–H groups in total. The molecule has 0 amide bonds. The SMILES string of the molecule is COCc1cccc(Cl)c1C1(CN)CC1. The van der Waals surface area contributed by atoms with E-state index in [2.05, 4.69) is 6.07 Å². The fourth-order valence-corrected chi connectivity index (χ4v) is 2.54. The molecule has 1 aliphatic rings. The van der Waals surface area contributed by atoms with Crippen molar-refractivity contribution in [3.05, 3.63) is 34.3 Å². The van der Waals surface area contributed by atoms with Gasteiger partial charge in [0.2, 0.25) is 0 Å². The molecule has 1 aromatic carbocycles. The molecule has 3 heteroatoms. The highest BCUT2D eigenvalue weighted by Gasteiger charge is 2.45. The standard InChI is InChI=1S/C12H16ClNO/c1-15-7-9-3-2-4-10(13)11(9)12(8-14)5-6-12/h2-4H,5-8,14H2,1H3. The van der Waals surface area contributed by atoms with Crippen LogP contribution in [0.3, 0.4) is 0 Å². The smallest absolute Gasteiger partial charge is 0.0716 e. The molecule has 1 aliphatic carbocycles. The number of hydrogen-bond donors (Lipinski definition) is 1. The maximum absolute atomic E-state index is 6.26. The molecule has 0 saturated heterocycles. The summed E-state index contributed by atoms with van der Waals surface area (Å²) in [6.45, 7) is 1.28. The second kappa shape index (κ2) is 4.12. The number of ether oxygens (including phenoxy) is 1. The number of rotatable bonds is 4. The summed E-state index contributed by atoms with van der Waals surface area (Å²) < 4.78 is 5.19. The Kier molecular flexibility index (Phi) is 3.01. The van der Waals surface area contributed by atoms with Crippen LogP contribution < -0.4 is 5.73 Å². The molecular formula is C12H16ClNO. The topological polar surface area (TPSA) is 35.2 Å². The van der Waals surface area contributed by atoms with Gasteiger partial charge in [-0.2, -0.15) is 0 Å². The van der Waals surface area contributed by atoms with Crippen LogP contribution in [0, 0.1) is 0 Å². The predicted octanol–water partition coefficient (Wildman–Crippen LogP) is 2.48. The first-order valence-corrected chi connectivity index (χ1v) is 5.58. The maximum Gasteiger partial charge on any atom is 0.0716 e. The Morgan fingerprint density at radius 3 is 2.73 bits per heavy atom. The average molecular weight is 226 g/mol. The van der Waals surface area contributed by atoms with Crippen LogP contribution in [0.1, 0.15) is 24.0 Å². The van der Waals surface area contributed by atoms with Crippen LogP contribution in [0.25, 0.3) is 0 Å². The van der Waals surface area contributed by atoms with Gasteiger partial charge in [0.15, 0.2) is 0 Å². The fourth-order valence-electron chi connectivity index (χ4n) is 2.15. The lowest BCUT2D eigenvalue weighted by Gasteiger charge is -2.19. The molecule has 2 nitrogen and oxygen atoms in total. The quantitative estimate of drug-likeness (QED) is 0.855. The third kappa shape index (κ3) is 1.89. The Balaban J connectivity index is 2.43. The lowest BCUT2D eigenvalue weighted by molar-refractivity contribution is 0.183. The van der Waals surface area contributed by atoms with Gasteiger partial charge in [0, 0.05) is 24.1 Å². The minimum absolute atomic E-state index is 0.131. The Bertz CT molecular complexity index is 361. The van der Waals surface area contributed by atoms with Crippen LogP contribution in [0.5, 0.6) is 0 Å². The minimum atomic E-state index is 0.131. The van der Waals surface area contributed by atoms with Gasteiger partial charge in [0.25, 0.3) is 0 Å². The number of halogens is 1. The molecule has 1 aromatic rings. The summed E-state index contributed by atoms with van der Waals surface area (Å²) in [5, 5.41) is 0.826. The van der Waals surface area contributed by atoms with E-state index in [1.807, 2.05) is 12.1 Å². The second-order valence-corrected chi connectivity index (χ2v) is 4.60. The van der Waals surface area contributed by atoms with E-state index in [0.29, 0.717) is 13.2 Å². The Labute approximate surface area is 95.4 Å². The van der Waals surface area contributed by atoms with E-state index in [1.54, 1.807) is 7.11 Å². The van der Waals surface area contributed by atoms with Crippen LogP contribution >= 0.6 is 11.6 Å². The summed E-state index contributed by atoms with van der Waals surface area (Å²) in [5.74, 6) is 0. The first-order valence-electron chi connectivity index (χ1n) is 5.20. The molecule has 15 heavy (non-hydrogen) atoms. The molecule has 0 spiro atoms. The van der Waals surface area contributed by atoms with Crippen molar-refractivity contribution in [2.24, 2.45) is 5.73 Å². The molecule has 0 bridgehead atoms. The molecule has 2 rings (SSSR count). The van der Waals surface area contributed by atoms with Crippen LogP contribution in [0.15, 0.2) is 18.2 Å². The summed E-state index contributed by atoms with van der Waals surface area (Å²) in [5.41, 5.74) is 8.35. The first kappa shape index (κ1) is 10.9. The van der Waals surface area contributed by atoms with Crippen molar-refractivity contribution in [3.63, 3.8) is 0 Å². The van der Waals surface area contributed by atoms with Crippen molar-refractivity contribution >= 4 is 11.6 Å². The summed E-state index contributed by atoms with van der Waals surface area (Å²) in [4.78, 5) is 0. The van der Waals surface area contributed by atoms with Gasteiger partial charge in [0.05, 0.1) is 6.61 Å². The van der Waals surface area contributed by atoms with Gasteiger partial charge >= 0.3 is 0 Å². The third-order valence-corrected chi connectivity index (χ3v) is 3.49. The summed E-state index contributed by atoms with van der Waals surface area (Å²) in [7, 11) is 1.70. The summed E-state index contributed by atoms with van der Waals surface area (Å²) in [6.07, 6.45) is 2.29. The lowest BCUT2D eigenvalue weighted by atomic mass is 9.91. The number of hydrogen-bond acceptors (Lipinski definition) is 2. The first-order chi connectivity index (χ1) is 7.23. The van der Waals surface area contributed by atoms with E-state index in [1.165, 1.54) is 11.1 Å². The van der Waals surface area contributed by atoms with Crippen molar-refractivity contribution in [1.82, 2.24) is 0 Å². The predicted molar refractivity (Wildman–Crippen MR) is 62.1 cm³/mol. The van der Waals surface area contributed by atoms with Gasteiger partial charge in [-0.05, 0) is 30.0 Å². The van der Waals surface area contributed by atoms with Crippen molar-refractivity contribution in [2.45, 2.75) is 24.9 Å².